The molecule has 5 heteroatoms. The molecule has 0 saturated carbocycles. The van der Waals surface area contributed by atoms with E-state index in [1.807, 2.05) is 6.92 Å². The van der Waals surface area contributed by atoms with Crippen molar-refractivity contribution in [2.24, 2.45) is 7.05 Å². The van der Waals surface area contributed by atoms with Crippen molar-refractivity contribution in [2.45, 2.75) is 13.5 Å². The molecule has 0 aromatic carbocycles. The number of hydrogen-bond donors (Lipinski definition) is 2. The smallest absolute Gasteiger partial charge is 0.291 e. The number of rotatable bonds is 1. The molecule has 11 heavy (non-hydrogen) atoms. The van der Waals surface area contributed by atoms with Crippen LogP contribution in [0.5, 0.6) is 0 Å². The van der Waals surface area contributed by atoms with Crippen LogP contribution < -0.4 is 17.0 Å². The molecule has 1 heterocycles. The quantitative estimate of drug-likeness (QED) is 0.568. The first-order valence-corrected chi connectivity index (χ1v) is 3.40. The Bertz CT molecular complexity index is 322. The van der Waals surface area contributed by atoms with Crippen molar-refractivity contribution in [1.82, 2.24) is 9.36 Å². The lowest BCUT2D eigenvalue weighted by molar-refractivity contribution is 0.530. The van der Waals surface area contributed by atoms with Crippen molar-refractivity contribution in [2.75, 3.05) is 11.5 Å². The Kier molecular flexibility index (Phi) is 1.64. The summed E-state index contributed by atoms with van der Waals surface area (Å²) in [7, 11) is 1.64. The van der Waals surface area contributed by atoms with Crippen molar-refractivity contribution in [3.8, 4) is 0 Å². The van der Waals surface area contributed by atoms with Gasteiger partial charge in [0.05, 0.1) is 0 Å². The average molecular weight is 156 g/mol. The predicted octanol–water partition coefficient (Wildman–Crippen LogP) is -0.629. The summed E-state index contributed by atoms with van der Waals surface area (Å²) in [4.78, 5) is 11.1. The molecule has 1 aromatic rings. The van der Waals surface area contributed by atoms with Gasteiger partial charge in [0.15, 0.2) is 0 Å². The maximum Gasteiger partial charge on any atom is 0.291 e. The van der Waals surface area contributed by atoms with Crippen molar-refractivity contribution < 1.29 is 0 Å². The molecule has 1 rings (SSSR count). The molecule has 0 aliphatic heterocycles. The van der Waals surface area contributed by atoms with Gasteiger partial charge in [0.2, 0.25) is 0 Å². The van der Waals surface area contributed by atoms with Crippen LogP contribution in [0.25, 0.3) is 0 Å². The van der Waals surface area contributed by atoms with E-state index in [4.69, 9.17) is 11.5 Å². The second kappa shape index (κ2) is 2.34. The first kappa shape index (κ1) is 7.71. The van der Waals surface area contributed by atoms with Crippen LogP contribution in [0.15, 0.2) is 4.79 Å². The van der Waals surface area contributed by atoms with Gasteiger partial charge in [0.1, 0.15) is 11.5 Å². The lowest BCUT2D eigenvalue weighted by Gasteiger charge is -2.04. The zero-order chi connectivity index (χ0) is 8.59. The van der Waals surface area contributed by atoms with Crippen molar-refractivity contribution >= 4 is 11.5 Å². The Balaban J connectivity index is 3.48. The molecule has 0 fully saturated rings. The highest BCUT2D eigenvalue weighted by Gasteiger charge is 2.09. The molecular formula is C6H12N4O. The summed E-state index contributed by atoms with van der Waals surface area (Å²) in [5.41, 5.74) is 10.8. The Labute approximate surface area is 64.2 Å². The number of hydrogen-bond acceptors (Lipinski definition) is 3. The van der Waals surface area contributed by atoms with Gasteiger partial charge in [-0.15, -0.1) is 0 Å². The van der Waals surface area contributed by atoms with Gasteiger partial charge in [-0.05, 0) is 6.92 Å². The molecule has 0 atom stereocenters. The lowest BCUT2D eigenvalue weighted by Crippen LogP contribution is -2.19. The molecule has 1 aromatic heterocycles. The Morgan fingerprint density at radius 1 is 1.45 bits per heavy atom. The van der Waals surface area contributed by atoms with Gasteiger partial charge in [-0.3, -0.25) is 14.2 Å². The fraction of sp³-hybridized carbons (Fsp3) is 0.500. The second-order valence-electron chi connectivity index (χ2n) is 2.34. The van der Waals surface area contributed by atoms with Crippen molar-refractivity contribution in [3.63, 3.8) is 0 Å². The van der Waals surface area contributed by atoms with Gasteiger partial charge >= 0.3 is 0 Å². The minimum absolute atomic E-state index is 0.134. The van der Waals surface area contributed by atoms with Crippen LogP contribution in [0, 0.1) is 0 Å². The Morgan fingerprint density at radius 3 is 2.18 bits per heavy atom. The summed E-state index contributed by atoms with van der Waals surface area (Å²) in [6.07, 6.45) is 0. The highest BCUT2D eigenvalue weighted by Crippen LogP contribution is 2.08. The summed E-state index contributed by atoms with van der Waals surface area (Å²) in [5, 5.41) is 0. The van der Waals surface area contributed by atoms with E-state index in [0.717, 1.165) is 0 Å². The monoisotopic (exact) mass is 156 g/mol. The molecule has 0 spiro atoms. The molecule has 0 aliphatic carbocycles. The molecule has 0 saturated heterocycles. The third-order valence-electron chi connectivity index (χ3n) is 1.74. The predicted molar refractivity (Wildman–Crippen MR) is 44.2 cm³/mol. The van der Waals surface area contributed by atoms with E-state index >= 15 is 0 Å². The maximum atomic E-state index is 11.1. The van der Waals surface area contributed by atoms with Gasteiger partial charge in [0, 0.05) is 13.6 Å². The molecule has 62 valence electrons. The summed E-state index contributed by atoms with van der Waals surface area (Å²) in [6.45, 7) is 2.55. The van der Waals surface area contributed by atoms with Crippen LogP contribution in [-0.4, -0.2) is 9.36 Å². The average Bonchev–Trinajstić information content (AvgIpc) is 2.17. The van der Waals surface area contributed by atoms with E-state index in [1.54, 1.807) is 11.7 Å². The van der Waals surface area contributed by atoms with E-state index < -0.39 is 0 Å². The van der Waals surface area contributed by atoms with E-state index in [1.165, 1.54) is 4.68 Å². The highest BCUT2D eigenvalue weighted by molar-refractivity contribution is 5.57. The van der Waals surface area contributed by atoms with Crippen molar-refractivity contribution in [3.05, 3.63) is 10.4 Å². The summed E-state index contributed by atoms with van der Waals surface area (Å²) in [6, 6.07) is 0. The molecule has 0 bridgehead atoms. The maximum absolute atomic E-state index is 11.1. The molecular weight excluding hydrogens is 144 g/mol. The summed E-state index contributed by atoms with van der Waals surface area (Å²) >= 11 is 0. The minimum atomic E-state index is -0.232. The zero-order valence-corrected chi connectivity index (χ0v) is 6.66. The normalized spacial score (nSPS) is 10.4. The van der Waals surface area contributed by atoms with Crippen LogP contribution in [-0.2, 0) is 13.6 Å². The number of nitrogens with zero attached hydrogens (tertiary/aromatic N) is 2. The highest BCUT2D eigenvalue weighted by atomic mass is 16.1. The number of anilines is 2. The molecule has 0 aliphatic rings. The second-order valence-corrected chi connectivity index (χ2v) is 2.34. The van der Waals surface area contributed by atoms with Crippen LogP contribution in [0.2, 0.25) is 0 Å². The number of nitrogen functional groups attached to an aromatic ring is 2. The van der Waals surface area contributed by atoms with Gasteiger partial charge in [-0.2, -0.15) is 0 Å². The standard InChI is InChI=1S/C6H12N4O/c1-3-10-5(8)4(7)6(11)9(10)2/h3,7-8H2,1-2H3. The van der Waals surface area contributed by atoms with Crippen LogP contribution in [0.3, 0.4) is 0 Å². The van der Waals surface area contributed by atoms with E-state index in [2.05, 4.69) is 0 Å². The first-order chi connectivity index (χ1) is 5.09. The molecule has 4 N–H and O–H groups in total. The third kappa shape index (κ3) is 0.886. The molecule has 0 amide bonds. The van der Waals surface area contributed by atoms with Crippen molar-refractivity contribution in [1.29, 1.82) is 0 Å². The lowest BCUT2D eigenvalue weighted by atomic mass is 10.5. The third-order valence-corrected chi connectivity index (χ3v) is 1.74. The van der Waals surface area contributed by atoms with Crippen LogP contribution >= 0.6 is 0 Å². The van der Waals surface area contributed by atoms with Gasteiger partial charge in [-0.1, -0.05) is 0 Å². The molecule has 5 nitrogen and oxygen atoms in total. The van der Waals surface area contributed by atoms with E-state index in [9.17, 15) is 4.79 Å². The van der Waals surface area contributed by atoms with Gasteiger partial charge in [0.25, 0.3) is 5.56 Å². The van der Waals surface area contributed by atoms with E-state index in [0.29, 0.717) is 12.4 Å². The number of aromatic nitrogens is 2. The Hall–Kier alpha value is -1.39. The van der Waals surface area contributed by atoms with E-state index in [-0.39, 0.29) is 11.2 Å². The fourth-order valence-corrected chi connectivity index (χ4v) is 1.08. The first-order valence-electron chi connectivity index (χ1n) is 3.40. The van der Waals surface area contributed by atoms with Gasteiger partial charge in [-0.25, -0.2) is 0 Å². The van der Waals surface area contributed by atoms with Gasteiger partial charge < -0.3 is 11.5 Å². The zero-order valence-electron chi connectivity index (χ0n) is 6.66. The SMILES string of the molecule is CCn1c(N)c(N)c(=O)n1C. The Morgan fingerprint density at radius 2 is 2.00 bits per heavy atom. The number of nitrogens with two attached hydrogens (primary N) is 2. The van der Waals surface area contributed by atoms with Crippen LogP contribution in [0.4, 0.5) is 11.5 Å². The fourth-order valence-electron chi connectivity index (χ4n) is 1.08. The topological polar surface area (TPSA) is 79.0 Å². The van der Waals surface area contributed by atoms with Crippen LogP contribution in [0.1, 0.15) is 6.92 Å². The molecule has 0 unspecified atom stereocenters. The summed E-state index contributed by atoms with van der Waals surface area (Å²) < 4.78 is 3.03. The minimum Gasteiger partial charge on any atom is -0.391 e. The molecule has 0 radical (unpaired) electrons. The largest absolute Gasteiger partial charge is 0.391 e. The summed E-state index contributed by atoms with van der Waals surface area (Å²) in [5.74, 6) is 0.347.